The molecule has 1 fully saturated rings. The van der Waals surface area contributed by atoms with Gasteiger partial charge >= 0.3 is 0 Å². The molecule has 128 valence electrons. The van der Waals surface area contributed by atoms with Crippen LogP contribution < -0.4 is 10.4 Å². The van der Waals surface area contributed by atoms with Crippen molar-refractivity contribution in [3.63, 3.8) is 0 Å². The number of para-hydroxylation sites is 1. The standard InChI is InChI=1S/C20H20N2O3/c1-13-5-2-3-8-17(13)22-10-9-20(19(22)24)11-14-6-4-7-15(16(14)12-20)18(23)21-25/h2-8,25H,9-12H2,1H3,(H,21,23). The molecule has 1 unspecified atom stereocenters. The lowest BCUT2D eigenvalue weighted by molar-refractivity contribution is -0.125. The third-order valence-electron chi connectivity index (χ3n) is 5.58. The summed E-state index contributed by atoms with van der Waals surface area (Å²) in [5.41, 5.74) is 5.66. The van der Waals surface area contributed by atoms with Gasteiger partial charge in [0.15, 0.2) is 0 Å². The second kappa shape index (κ2) is 5.70. The molecule has 2 aromatic carbocycles. The van der Waals surface area contributed by atoms with Crippen molar-refractivity contribution in [2.45, 2.75) is 26.2 Å². The minimum absolute atomic E-state index is 0.133. The van der Waals surface area contributed by atoms with Gasteiger partial charge in [-0.05, 0) is 55.0 Å². The summed E-state index contributed by atoms with van der Waals surface area (Å²) in [4.78, 5) is 27.1. The summed E-state index contributed by atoms with van der Waals surface area (Å²) in [6.45, 7) is 2.71. The number of rotatable bonds is 2. The first-order valence-corrected chi connectivity index (χ1v) is 8.48. The zero-order chi connectivity index (χ0) is 17.6. The van der Waals surface area contributed by atoms with Gasteiger partial charge in [0.2, 0.25) is 5.91 Å². The van der Waals surface area contributed by atoms with Gasteiger partial charge in [-0.1, -0.05) is 30.3 Å². The number of anilines is 1. The molecule has 25 heavy (non-hydrogen) atoms. The molecule has 5 nitrogen and oxygen atoms in total. The lowest BCUT2D eigenvalue weighted by Gasteiger charge is -2.24. The van der Waals surface area contributed by atoms with Crippen LogP contribution in [0.25, 0.3) is 0 Å². The molecular weight excluding hydrogens is 316 g/mol. The topological polar surface area (TPSA) is 69.6 Å². The number of carbonyl (C=O) groups excluding carboxylic acids is 2. The van der Waals surface area contributed by atoms with E-state index >= 15 is 0 Å². The molecule has 1 atom stereocenters. The Morgan fingerprint density at radius 3 is 2.72 bits per heavy atom. The molecule has 1 aliphatic heterocycles. The molecule has 1 aliphatic carbocycles. The SMILES string of the molecule is Cc1ccccc1N1CCC2(Cc3cccc(C(=O)NO)c3C2)C1=O. The van der Waals surface area contributed by atoms with Crippen molar-refractivity contribution in [2.75, 3.05) is 11.4 Å². The maximum absolute atomic E-state index is 13.3. The van der Waals surface area contributed by atoms with E-state index in [2.05, 4.69) is 0 Å². The molecule has 2 aromatic rings. The number of hydrogen-bond donors (Lipinski definition) is 2. The normalized spacial score (nSPS) is 21.7. The van der Waals surface area contributed by atoms with E-state index in [4.69, 9.17) is 5.21 Å². The van der Waals surface area contributed by atoms with Crippen LogP contribution in [-0.4, -0.2) is 23.6 Å². The Kier molecular flexibility index (Phi) is 3.62. The molecule has 5 heteroatoms. The Balaban J connectivity index is 1.68. The Hall–Kier alpha value is -2.66. The average Bonchev–Trinajstić information content (AvgIpc) is 3.15. The lowest BCUT2D eigenvalue weighted by Crippen LogP contribution is -2.35. The highest BCUT2D eigenvalue weighted by Gasteiger charge is 2.51. The van der Waals surface area contributed by atoms with Crippen LogP contribution in [0, 0.1) is 12.3 Å². The monoisotopic (exact) mass is 336 g/mol. The van der Waals surface area contributed by atoms with Gasteiger partial charge in [-0.15, -0.1) is 0 Å². The van der Waals surface area contributed by atoms with Crippen molar-refractivity contribution in [2.24, 2.45) is 5.41 Å². The van der Waals surface area contributed by atoms with Crippen LogP contribution in [0.4, 0.5) is 5.69 Å². The van der Waals surface area contributed by atoms with Crippen molar-refractivity contribution in [1.29, 1.82) is 0 Å². The Morgan fingerprint density at radius 2 is 1.96 bits per heavy atom. The molecule has 2 N–H and O–H groups in total. The predicted octanol–water partition coefficient (Wildman–Crippen LogP) is 2.64. The maximum atomic E-state index is 13.3. The van der Waals surface area contributed by atoms with E-state index in [1.54, 1.807) is 17.6 Å². The summed E-state index contributed by atoms with van der Waals surface area (Å²) in [5.74, 6) is -0.386. The quantitative estimate of drug-likeness (QED) is 0.654. The molecule has 2 aliphatic rings. The fraction of sp³-hybridized carbons (Fsp3) is 0.300. The third-order valence-corrected chi connectivity index (χ3v) is 5.58. The summed E-state index contributed by atoms with van der Waals surface area (Å²) in [6, 6.07) is 13.4. The van der Waals surface area contributed by atoms with Crippen molar-refractivity contribution < 1.29 is 14.8 Å². The minimum Gasteiger partial charge on any atom is -0.312 e. The lowest BCUT2D eigenvalue weighted by atomic mass is 9.83. The van der Waals surface area contributed by atoms with Crippen LogP contribution in [0.1, 0.15) is 33.5 Å². The molecule has 1 saturated heterocycles. The van der Waals surface area contributed by atoms with Gasteiger partial charge in [0.1, 0.15) is 0 Å². The van der Waals surface area contributed by atoms with Gasteiger partial charge in [0.05, 0.1) is 5.41 Å². The van der Waals surface area contributed by atoms with E-state index in [0.717, 1.165) is 28.8 Å². The first kappa shape index (κ1) is 15.8. The van der Waals surface area contributed by atoms with Crippen LogP contribution in [0.5, 0.6) is 0 Å². The fourth-order valence-electron chi connectivity index (χ4n) is 4.29. The Bertz CT molecular complexity index is 877. The van der Waals surface area contributed by atoms with Crippen LogP contribution in [0.15, 0.2) is 42.5 Å². The van der Waals surface area contributed by atoms with Gasteiger partial charge in [0, 0.05) is 17.8 Å². The summed E-state index contributed by atoms with van der Waals surface area (Å²) >= 11 is 0. The summed E-state index contributed by atoms with van der Waals surface area (Å²) in [5, 5.41) is 8.97. The van der Waals surface area contributed by atoms with Gasteiger partial charge in [-0.25, -0.2) is 5.48 Å². The number of fused-ring (bicyclic) bond motifs is 1. The van der Waals surface area contributed by atoms with Crippen LogP contribution >= 0.6 is 0 Å². The Morgan fingerprint density at radius 1 is 1.16 bits per heavy atom. The number of nitrogens with zero attached hydrogens (tertiary/aromatic N) is 1. The van der Waals surface area contributed by atoms with E-state index in [0.29, 0.717) is 24.9 Å². The van der Waals surface area contributed by atoms with Gasteiger partial charge in [-0.3, -0.25) is 14.8 Å². The van der Waals surface area contributed by atoms with Gasteiger partial charge in [-0.2, -0.15) is 0 Å². The van der Waals surface area contributed by atoms with E-state index in [1.165, 1.54) is 0 Å². The average molecular weight is 336 g/mol. The number of aryl methyl sites for hydroxylation is 1. The molecule has 0 bridgehead atoms. The van der Waals surface area contributed by atoms with E-state index in [9.17, 15) is 9.59 Å². The number of benzene rings is 2. The highest BCUT2D eigenvalue weighted by Crippen LogP contribution is 2.47. The molecule has 1 spiro atoms. The highest BCUT2D eigenvalue weighted by atomic mass is 16.5. The molecular formula is C20H20N2O3. The maximum Gasteiger partial charge on any atom is 0.274 e. The van der Waals surface area contributed by atoms with Crippen LogP contribution in [-0.2, 0) is 17.6 Å². The number of amides is 2. The first-order chi connectivity index (χ1) is 12.1. The first-order valence-electron chi connectivity index (χ1n) is 8.48. The second-order valence-corrected chi connectivity index (χ2v) is 7.01. The summed E-state index contributed by atoms with van der Waals surface area (Å²) in [7, 11) is 0. The number of hydrogen-bond acceptors (Lipinski definition) is 3. The van der Waals surface area contributed by atoms with Gasteiger partial charge in [0.25, 0.3) is 5.91 Å². The zero-order valence-corrected chi connectivity index (χ0v) is 14.1. The van der Waals surface area contributed by atoms with Crippen molar-refractivity contribution in [3.05, 3.63) is 64.7 Å². The highest BCUT2D eigenvalue weighted by molar-refractivity contribution is 6.02. The van der Waals surface area contributed by atoms with Crippen molar-refractivity contribution in [1.82, 2.24) is 5.48 Å². The van der Waals surface area contributed by atoms with E-state index in [1.807, 2.05) is 42.2 Å². The molecule has 0 aromatic heterocycles. The summed E-state index contributed by atoms with van der Waals surface area (Å²) < 4.78 is 0. The fourth-order valence-corrected chi connectivity index (χ4v) is 4.29. The van der Waals surface area contributed by atoms with Crippen LogP contribution in [0.2, 0.25) is 0 Å². The molecule has 0 saturated carbocycles. The smallest absolute Gasteiger partial charge is 0.274 e. The summed E-state index contributed by atoms with van der Waals surface area (Å²) in [6.07, 6.45) is 1.97. The van der Waals surface area contributed by atoms with Crippen molar-refractivity contribution >= 4 is 17.5 Å². The molecule has 0 radical (unpaired) electrons. The van der Waals surface area contributed by atoms with Crippen LogP contribution in [0.3, 0.4) is 0 Å². The zero-order valence-electron chi connectivity index (χ0n) is 14.1. The molecule has 4 rings (SSSR count). The molecule has 1 heterocycles. The minimum atomic E-state index is -0.518. The number of nitrogens with one attached hydrogen (secondary N) is 1. The van der Waals surface area contributed by atoms with E-state index in [-0.39, 0.29) is 5.91 Å². The van der Waals surface area contributed by atoms with Gasteiger partial charge < -0.3 is 4.90 Å². The molecule has 2 amide bonds. The van der Waals surface area contributed by atoms with E-state index < -0.39 is 11.3 Å². The Labute approximate surface area is 146 Å². The second-order valence-electron chi connectivity index (χ2n) is 7.01. The third kappa shape index (κ3) is 2.35. The number of carbonyl (C=O) groups is 2. The predicted molar refractivity (Wildman–Crippen MR) is 93.7 cm³/mol. The number of hydroxylamine groups is 1. The largest absolute Gasteiger partial charge is 0.312 e. The van der Waals surface area contributed by atoms with Crippen molar-refractivity contribution in [3.8, 4) is 0 Å².